The van der Waals surface area contributed by atoms with Gasteiger partial charge in [0.1, 0.15) is 0 Å². The van der Waals surface area contributed by atoms with Crippen LogP contribution in [0.3, 0.4) is 0 Å². The van der Waals surface area contributed by atoms with Crippen molar-refractivity contribution in [2.45, 2.75) is 26.7 Å². The lowest BCUT2D eigenvalue weighted by atomic mass is 10.2. The molecule has 4 heteroatoms. The summed E-state index contributed by atoms with van der Waals surface area (Å²) in [6.07, 6.45) is 2.98. The normalized spacial score (nSPS) is 9.29. The lowest BCUT2D eigenvalue weighted by molar-refractivity contribution is 0.826. The Balaban J connectivity index is 3.39. The summed E-state index contributed by atoms with van der Waals surface area (Å²) in [5.41, 5.74) is -0.205. The van der Waals surface area contributed by atoms with Crippen LogP contribution < -0.4 is 11.2 Å². The van der Waals surface area contributed by atoms with Crippen LogP contribution in [0.4, 0.5) is 0 Å². The minimum absolute atomic E-state index is 0.315. The van der Waals surface area contributed by atoms with Crippen LogP contribution in [-0.2, 0) is 6.42 Å². The van der Waals surface area contributed by atoms with Crippen LogP contribution in [0.2, 0.25) is 0 Å². The van der Waals surface area contributed by atoms with Crippen molar-refractivity contribution in [1.82, 2.24) is 9.55 Å². The van der Waals surface area contributed by atoms with Gasteiger partial charge in [0.2, 0.25) is 0 Å². The zero-order valence-electron chi connectivity index (χ0n) is 8.26. The van der Waals surface area contributed by atoms with Gasteiger partial charge in [-0.25, -0.2) is 4.79 Å². The van der Waals surface area contributed by atoms with Crippen LogP contribution in [0, 0.1) is 12.0 Å². The summed E-state index contributed by atoms with van der Waals surface area (Å²) in [7, 11) is 0. The topological polar surface area (TPSA) is 54.9 Å². The van der Waals surface area contributed by atoms with Gasteiger partial charge in [-0.05, 0) is 13.3 Å². The number of rotatable bonds is 2. The minimum atomic E-state index is -0.482. The Hall–Kier alpha value is -1.76. The molecule has 1 rings (SSSR count). The molecule has 0 fully saturated rings. The molecule has 1 heterocycles. The van der Waals surface area contributed by atoms with E-state index in [1.807, 2.05) is 6.92 Å². The highest BCUT2D eigenvalue weighted by Crippen LogP contribution is 1.91. The van der Waals surface area contributed by atoms with Crippen LogP contribution in [0.15, 0.2) is 15.8 Å². The molecular formula is C10H12N2O2. The summed E-state index contributed by atoms with van der Waals surface area (Å²) >= 11 is 0. The Bertz CT molecular complexity index is 485. The molecule has 0 saturated carbocycles. The third-order valence-corrected chi connectivity index (χ3v) is 1.79. The lowest BCUT2D eigenvalue weighted by Crippen LogP contribution is -2.34. The van der Waals surface area contributed by atoms with E-state index in [1.165, 1.54) is 6.20 Å². The second-order valence-electron chi connectivity index (χ2n) is 2.87. The van der Waals surface area contributed by atoms with E-state index < -0.39 is 5.69 Å². The molecule has 14 heavy (non-hydrogen) atoms. The SMILES string of the molecule is CC#Cn1c(=O)[nH]cc(CCC)c1=O. The number of nitrogens with one attached hydrogen (secondary N) is 1. The number of hydrogen-bond acceptors (Lipinski definition) is 2. The molecule has 4 nitrogen and oxygen atoms in total. The molecule has 0 bridgehead atoms. The summed E-state index contributed by atoms with van der Waals surface area (Å²) in [5.74, 6) is 2.53. The van der Waals surface area contributed by atoms with Crippen molar-refractivity contribution in [1.29, 1.82) is 0 Å². The van der Waals surface area contributed by atoms with Crippen LogP contribution >= 0.6 is 0 Å². The molecule has 0 spiro atoms. The highest BCUT2D eigenvalue weighted by Gasteiger charge is 2.03. The maximum absolute atomic E-state index is 11.6. The van der Waals surface area contributed by atoms with Gasteiger partial charge in [0.15, 0.2) is 0 Å². The van der Waals surface area contributed by atoms with Crippen molar-refractivity contribution in [3.63, 3.8) is 0 Å². The van der Waals surface area contributed by atoms with E-state index in [0.717, 1.165) is 11.0 Å². The first kappa shape index (κ1) is 10.3. The minimum Gasteiger partial charge on any atom is -0.313 e. The van der Waals surface area contributed by atoms with Gasteiger partial charge in [0, 0.05) is 17.8 Å². The first-order chi connectivity index (χ1) is 6.70. The molecule has 0 radical (unpaired) electrons. The third kappa shape index (κ3) is 1.94. The first-order valence-electron chi connectivity index (χ1n) is 4.47. The molecule has 1 aromatic heterocycles. The Labute approximate surface area is 81.6 Å². The van der Waals surface area contributed by atoms with Gasteiger partial charge in [-0.1, -0.05) is 19.3 Å². The predicted octanol–water partition coefficient (Wildman–Crippen LogP) is 0.318. The summed E-state index contributed by atoms with van der Waals surface area (Å²) < 4.78 is 0.908. The molecular weight excluding hydrogens is 180 g/mol. The van der Waals surface area contributed by atoms with Gasteiger partial charge in [-0.2, -0.15) is 4.57 Å². The monoisotopic (exact) mass is 192 g/mol. The maximum Gasteiger partial charge on any atom is 0.340 e. The van der Waals surface area contributed by atoms with Gasteiger partial charge in [-0.15, -0.1) is 0 Å². The molecule has 0 aliphatic heterocycles. The van der Waals surface area contributed by atoms with Gasteiger partial charge in [-0.3, -0.25) is 4.79 Å². The number of H-pyrrole nitrogens is 1. The van der Waals surface area contributed by atoms with Crippen molar-refractivity contribution >= 4 is 0 Å². The molecule has 1 aromatic rings. The Morgan fingerprint density at radius 1 is 1.50 bits per heavy atom. The van der Waals surface area contributed by atoms with Crippen LogP contribution in [-0.4, -0.2) is 9.55 Å². The standard InChI is InChI=1S/C10H12N2O2/c1-3-5-8-7-11-10(14)12(6-4-2)9(8)13/h7H,3,5H2,1-2H3,(H,11,14). The van der Waals surface area contributed by atoms with E-state index in [0.29, 0.717) is 12.0 Å². The van der Waals surface area contributed by atoms with E-state index in [1.54, 1.807) is 6.92 Å². The summed E-state index contributed by atoms with van der Waals surface area (Å²) in [6.45, 7) is 3.55. The Morgan fingerprint density at radius 3 is 2.79 bits per heavy atom. The maximum atomic E-state index is 11.6. The Kier molecular flexibility index (Phi) is 3.29. The summed E-state index contributed by atoms with van der Waals surface area (Å²) in [4.78, 5) is 25.3. The molecule has 0 aliphatic rings. The molecule has 0 amide bonds. The van der Waals surface area contributed by atoms with E-state index >= 15 is 0 Å². The van der Waals surface area contributed by atoms with Crippen molar-refractivity contribution in [2.24, 2.45) is 0 Å². The second-order valence-corrected chi connectivity index (χ2v) is 2.87. The van der Waals surface area contributed by atoms with Crippen LogP contribution in [0.5, 0.6) is 0 Å². The molecule has 0 aromatic carbocycles. The third-order valence-electron chi connectivity index (χ3n) is 1.79. The number of aromatic nitrogens is 2. The lowest BCUT2D eigenvalue weighted by Gasteiger charge is -1.98. The highest BCUT2D eigenvalue weighted by atomic mass is 16.2. The number of aromatic amines is 1. The van der Waals surface area contributed by atoms with Crippen molar-refractivity contribution in [3.05, 3.63) is 32.6 Å². The molecule has 1 N–H and O–H groups in total. The highest BCUT2D eigenvalue weighted by molar-refractivity contribution is 5.10. The fourth-order valence-corrected chi connectivity index (χ4v) is 1.17. The first-order valence-corrected chi connectivity index (χ1v) is 4.47. The smallest absolute Gasteiger partial charge is 0.313 e. The van der Waals surface area contributed by atoms with Crippen molar-refractivity contribution in [2.75, 3.05) is 0 Å². The van der Waals surface area contributed by atoms with E-state index in [-0.39, 0.29) is 5.56 Å². The average molecular weight is 192 g/mol. The fraction of sp³-hybridized carbons (Fsp3) is 0.400. The summed E-state index contributed by atoms with van der Waals surface area (Å²) in [5, 5.41) is 0. The molecule has 0 atom stereocenters. The molecule has 74 valence electrons. The quantitative estimate of drug-likeness (QED) is 0.686. The fourth-order valence-electron chi connectivity index (χ4n) is 1.17. The number of nitrogens with zero attached hydrogens (tertiary/aromatic N) is 1. The van der Waals surface area contributed by atoms with Gasteiger partial charge >= 0.3 is 5.69 Å². The van der Waals surface area contributed by atoms with Crippen LogP contribution in [0.1, 0.15) is 25.8 Å². The molecule has 0 unspecified atom stereocenters. The van der Waals surface area contributed by atoms with E-state index in [9.17, 15) is 9.59 Å². The number of hydrogen-bond donors (Lipinski definition) is 1. The number of aryl methyl sites for hydroxylation is 1. The Morgan fingerprint density at radius 2 is 2.21 bits per heavy atom. The average Bonchev–Trinajstić information content (AvgIpc) is 2.17. The van der Waals surface area contributed by atoms with Gasteiger partial charge in [0.05, 0.1) is 0 Å². The molecule has 0 saturated heterocycles. The predicted molar refractivity (Wildman–Crippen MR) is 54.2 cm³/mol. The van der Waals surface area contributed by atoms with Crippen molar-refractivity contribution < 1.29 is 0 Å². The van der Waals surface area contributed by atoms with Gasteiger partial charge in [0.25, 0.3) is 5.56 Å². The molecule has 0 aliphatic carbocycles. The van der Waals surface area contributed by atoms with E-state index in [4.69, 9.17) is 0 Å². The summed E-state index contributed by atoms with van der Waals surface area (Å²) in [6, 6.07) is 2.45. The second kappa shape index (κ2) is 4.47. The van der Waals surface area contributed by atoms with Crippen molar-refractivity contribution in [3.8, 4) is 12.0 Å². The van der Waals surface area contributed by atoms with Crippen LogP contribution in [0.25, 0.3) is 0 Å². The zero-order valence-corrected chi connectivity index (χ0v) is 8.26. The van der Waals surface area contributed by atoms with E-state index in [2.05, 4.69) is 16.9 Å². The zero-order chi connectivity index (χ0) is 10.6. The largest absolute Gasteiger partial charge is 0.340 e. The van der Waals surface area contributed by atoms with Gasteiger partial charge < -0.3 is 4.98 Å².